The zero-order chi connectivity index (χ0) is 17.1. The summed E-state index contributed by atoms with van der Waals surface area (Å²) in [4.78, 5) is 21.8. The molecule has 1 aromatic heterocycles. The molecule has 0 aromatic carbocycles. The maximum absolute atomic E-state index is 12.3. The molecular formula is C20H30N4O. The zero-order valence-electron chi connectivity index (χ0n) is 15.1. The van der Waals surface area contributed by atoms with Crippen LogP contribution in [0.25, 0.3) is 0 Å². The van der Waals surface area contributed by atoms with E-state index in [1.807, 2.05) is 12.3 Å². The largest absolute Gasteiger partial charge is 0.369 e. The summed E-state index contributed by atoms with van der Waals surface area (Å²) in [7, 11) is 0. The highest BCUT2D eigenvalue weighted by atomic mass is 16.1. The molecule has 3 aliphatic rings. The Kier molecular flexibility index (Phi) is 5.20. The number of piperazine rings is 1. The van der Waals surface area contributed by atoms with Crippen molar-refractivity contribution in [3.05, 3.63) is 18.3 Å². The van der Waals surface area contributed by atoms with Crippen molar-refractivity contribution in [3.8, 4) is 0 Å². The molecule has 0 atom stereocenters. The molecule has 5 nitrogen and oxygen atoms in total. The summed E-state index contributed by atoms with van der Waals surface area (Å²) in [5, 5.41) is 3.03. The van der Waals surface area contributed by atoms with Crippen LogP contribution < -0.4 is 10.2 Å². The molecule has 136 valence electrons. The Morgan fingerprint density at radius 3 is 2.40 bits per heavy atom. The Labute approximate surface area is 150 Å². The van der Waals surface area contributed by atoms with E-state index >= 15 is 0 Å². The van der Waals surface area contributed by atoms with Crippen molar-refractivity contribution >= 4 is 17.4 Å². The van der Waals surface area contributed by atoms with E-state index in [1.54, 1.807) is 0 Å². The molecule has 1 aliphatic heterocycles. The van der Waals surface area contributed by atoms with Gasteiger partial charge in [0.2, 0.25) is 5.91 Å². The first-order valence-electron chi connectivity index (χ1n) is 10.1. The first kappa shape index (κ1) is 16.8. The van der Waals surface area contributed by atoms with Crippen LogP contribution in [-0.2, 0) is 4.79 Å². The lowest BCUT2D eigenvalue weighted by Gasteiger charge is -2.39. The third-order valence-corrected chi connectivity index (χ3v) is 6.24. The number of nitrogens with zero attached hydrogens (tertiary/aromatic N) is 3. The monoisotopic (exact) mass is 342 g/mol. The molecule has 1 saturated heterocycles. The SMILES string of the molecule is O=C(Nc1cc(N2CCN(C3CCCC3)CC2)ccn1)C1CCCC1. The average Bonchev–Trinajstić information content (AvgIpc) is 3.36. The summed E-state index contributed by atoms with van der Waals surface area (Å²) in [5.41, 5.74) is 1.18. The molecule has 2 saturated carbocycles. The molecule has 0 unspecified atom stereocenters. The van der Waals surface area contributed by atoms with Crippen LogP contribution in [0, 0.1) is 5.92 Å². The first-order chi connectivity index (χ1) is 12.3. The number of carbonyl (C=O) groups excluding carboxylic acids is 1. The molecule has 5 heteroatoms. The first-order valence-corrected chi connectivity index (χ1v) is 10.1. The number of aromatic nitrogens is 1. The van der Waals surface area contributed by atoms with Crippen molar-refractivity contribution in [3.63, 3.8) is 0 Å². The van der Waals surface area contributed by atoms with Gasteiger partial charge in [0.05, 0.1) is 0 Å². The molecule has 25 heavy (non-hydrogen) atoms. The lowest BCUT2D eigenvalue weighted by Crippen LogP contribution is -2.49. The number of anilines is 2. The van der Waals surface area contributed by atoms with E-state index in [0.29, 0.717) is 5.82 Å². The highest BCUT2D eigenvalue weighted by molar-refractivity contribution is 5.92. The smallest absolute Gasteiger partial charge is 0.228 e. The van der Waals surface area contributed by atoms with Crippen LogP contribution in [0.1, 0.15) is 51.4 Å². The van der Waals surface area contributed by atoms with E-state index < -0.39 is 0 Å². The molecule has 1 amide bonds. The third kappa shape index (κ3) is 3.97. The molecular weight excluding hydrogens is 312 g/mol. The molecule has 1 aromatic rings. The lowest BCUT2D eigenvalue weighted by atomic mass is 10.1. The normalized spacial score (nSPS) is 23.3. The summed E-state index contributed by atoms with van der Waals surface area (Å²) in [6.07, 6.45) is 11.8. The number of hydrogen-bond donors (Lipinski definition) is 1. The summed E-state index contributed by atoms with van der Waals surface area (Å²) in [5.74, 6) is 1.03. The van der Waals surface area contributed by atoms with Gasteiger partial charge in [0, 0.05) is 56.1 Å². The van der Waals surface area contributed by atoms with E-state index in [9.17, 15) is 4.79 Å². The minimum Gasteiger partial charge on any atom is -0.369 e. The van der Waals surface area contributed by atoms with E-state index in [-0.39, 0.29) is 11.8 Å². The Balaban J connectivity index is 1.34. The molecule has 2 aliphatic carbocycles. The quantitative estimate of drug-likeness (QED) is 0.912. The fourth-order valence-electron chi connectivity index (χ4n) is 4.72. The van der Waals surface area contributed by atoms with E-state index in [4.69, 9.17) is 0 Å². The van der Waals surface area contributed by atoms with Gasteiger partial charge in [0.1, 0.15) is 5.82 Å². The van der Waals surface area contributed by atoms with Crippen molar-refractivity contribution in [2.75, 3.05) is 36.4 Å². The molecule has 4 rings (SSSR count). The topological polar surface area (TPSA) is 48.5 Å². The highest BCUT2D eigenvalue weighted by Gasteiger charge is 2.26. The Bertz CT molecular complexity index is 585. The summed E-state index contributed by atoms with van der Waals surface area (Å²) in [6, 6.07) is 4.93. The number of hydrogen-bond acceptors (Lipinski definition) is 4. The number of amides is 1. The van der Waals surface area contributed by atoms with Gasteiger partial charge in [-0.05, 0) is 31.7 Å². The van der Waals surface area contributed by atoms with Gasteiger partial charge < -0.3 is 10.2 Å². The molecule has 0 radical (unpaired) electrons. The summed E-state index contributed by atoms with van der Waals surface area (Å²) < 4.78 is 0. The predicted molar refractivity (Wildman–Crippen MR) is 101 cm³/mol. The minimum absolute atomic E-state index is 0.146. The Morgan fingerprint density at radius 2 is 1.68 bits per heavy atom. The van der Waals surface area contributed by atoms with Crippen molar-refractivity contribution in [1.82, 2.24) is 9.88 Å². The van der Waals surface area contributed by atoms with E-state index in [2.05, 4.69) is 26.2 Å². The number of rotatable bonds is 4. The zero-order valence-corrected chi connectivity index (χ0v) is 15.1. The molecule has 1 N–H and O–H groups in total. The van der Waals surface area contributed by atoms with Gasteiger partial charge in [-0.1, -0.05) is 25.7 Å². The average molecular weight is 342 g/mol. The second kappa shape index (κ2) is 7.73. The highest BCUT2D eigenvalue weighted by Crippen LogP contribution is 2.28. The van der Waals surface area contributed by atoms with Crippen LogP contribution in [0.5, 0.6) is 0 Å². The van der Waals surface area contributed by atoms with Crippen LogP contribution >= 0.6 is 0 Å². The molecule has 0 spiro atoms. The van der Waals surface area contributed by atoms with E-state index in [0.717, 1.165) is 45.1 Å². The van der Waals surface area contributed by atoms with Gasteiger partial charge in [-0.3, -0.25) is 9.69 Å². The van der Waals surface area contributed by atoms with E-state index in [1.165, 1.54) is 44.2 Å². The fourth-order valence-corrected chi connectivity index (χ4v) is 4.72. The van der Waals surface area contributed by atoms with Gasteiger partial charge in [-0.2, -0.15) is 0 Å². The standard InChI is InChI=1S/C20H30N4O/c25-20(16-5-1-2-6-16)22-19-15-18(9-10-21-19)24-13-11-23(12-14-24)17-7-3-4-8-17/h9-10,15-17H,1-8,11-14H2,(H,21,22,25). The van der Waals surface area contributed by atoms with Gasteiger partial charge in [-0.25, -0.2) is 4.98 Å². The predicted octanol–water partition coefficient (Wildman–Crippen LogP) is 3.27. The summed E-state index contributed by atoms with van der Waals surface area (Å²) >= 11 is 0. The lowest BCUT2D eigenvalue weighted by molar-refractivity contribution is -0.119. The van der Waals surface area contributed by atoms with Crippen LogP contribution in [0.2, 0.25) is 0 Å². The number of carbonyl (C=O) groups is 1. The van der Waals surface area contributed by atoms with Gasteiger partial charge >= 0.3 is 0 Å². The fraction of sp³-hybridized carbons (Fsp3) is 0.700. The van der Waals surface area contributed by atoms with Crippen molar-refractivity contribution in [2.45, 2.75) is 57.4 Å². The maximum Gasteiger partial charge on any atom is 0.228 e. The van der Waals surface area contributed by atoms with Crippen molar-refractivity contribution in [2.24, 2.45) is 5.92 Å². The van der Waals surface area contributed by atoms with Crippen LogP contribution in [-0.4, -0.2) is 48.0 Å². The van der Waals surface area contributed by atoms with Gasteiger partial charge in [-0.15, -0.1) is 0 Å². The molecule has 2 heterocycles. The van der Waals surface area contributed by atoms with Crippen LogP contribution in [0.4, 0.5) is 11.5 Å². The number of nitrogens with one attached hydrogen (secondary N) is 1. The number of pyridine rings is 1. The third-order valence-electron chi connectivity index (χ3n) is 6.24. The molecule has 0 bridgehead atoms. The summed E-state index contributed by atoms with van der Waals surface area (Å²) in [6.45, 7) is 4.43. The van der Waals surface area contributed by atoms with Crippen LogP contribution in [0.3, 0.4) is 0 Å². The van der Waals surface area contributed by atoms with Gasteiger partial charge in [0.25, 0.3) is 0 Å². The molecule has 3 fully saturated rings. The van der Waals surface area contributed by atoms with Gasteiger partial charge in [0.15, 0.2) is 0 Å². The van der Waals surface area contributed by atoms with Crippen molar-refractivity contribution in [1.29, 1.82) is 0 Å². The van der Waals surface area contributed by atoms with Crippen LogP contribution in [0.15, 0.2) is 18.3 Å². The Morgan fingerprint density at radius 1 is 1.00 bits per heavy atom. The second-order valence-corrected chi connectivity index (χ2v) is 7.83. The second-order valence-electron chi connectivity index (χ2n) is 7.83. The van der Waals surface area contributed by atoms with Crippen molar-refractivity contribution < 1.29 is 4.79 Å². The Hall–Kier alpha value is -1.62. The maximum atomic E-state index is 12.3. The minimum atomic E-state index is 0.146.